The molecule has 0 radical (unpaired) electrons. The summed E-state index contributed by atoms with van der Waals surface area (Å²) in [4.78, 5) is 44.4. The molecule has 120 valence electrons. The highest BCUT2D eigenvalue weighted by atomic mass is 33.1. The molecule has 0 heterocycles. The van der Waals surface area contributed by atoms with Crippen LogP contribution in [0.5, 0.6) is 0 Å². The highest BCUT2D eigenvalue weighted by molar-refractivity contribution is 8.68. The molecule has 0 bridgehead atoms. The van der Waals surface area contributed by atoms with Gasteiger partial charge in [0, 0.05) is 18.6 Å². The number of carboxylic acids is 1. The predicted molar refractivity (Wildman–Crippen MR) is 76.5 cm³/mol. The van der Waals surface area contributed by atoms with Crippen LogP contribution in [0.15, 0.2) is 0 Å². The Hall–Kier alpha value is -1.46. The number of amides is 3. The number of carboxylic acid groups (broad SMARTS) is 1. The summed E-state index contributed by atoms with van der Waals surface area (Å²) in [5.74, 6) is -2.96. The number of carbonyl (C=O) groups excluding carboxylic acids is 4. The number of carbonyl (C=O) groups is 4. The molecule has 0 fully saturated rings. The van der Waals surface area contributed by atoms with Gasteiger partial charge in [0.1, 0.15) is 12.1 Å². The number of hydrogen-bond acceptors (Lipinski definition) is 7. The molecule has 0 aromatic heterocycles. The minimum absolute atomic E-state index is 0.00217. The molecule has 0 aromatic rings. The second kappa shape index (κ2) is 10.3. The summed E-state index contributed by atoms with van der Waals surface area (Å²) in [6, 6.07) is -1.90. The van der Waals surface area contributed by atoms with Gasteiger partial charge in [-0.15, -0.1) is 11.7 Å². The molecule has 0 saturated heterocycles. The molecule has 2 atom stereocenters. The van der Waals surface area contributed by atoms with Crippen molar-refractivity contribution >= 4 is 46.1 Å². The fourth-order valence-corrected chi connectivity index (χ4v) is 2.08. The number of thiol groups is 1. The highest BCUT2D eigenvalue weighted by Gasteiger charge is 2.21. The SMILES string of the molecule is NC(=O)CNC(=O)[C@H](CSS)NC(=O)CC[C@H]([NH3+])C(=O)[O-]. The Morgan fingerprint density at radius 2 is 1.95 bits per heavy atom. The Morgan fingerprint density at radius 3 is 2.43 bits per heavy atom. The van der Waals surface area contributed by atoms with Crippen LogP contribution in [0.3, 0.4) is 0 Å². The van der Waals surface area contributed by atoms with Crippen LogP contribution in [-0.4, -0.2) is 48.1 Å². The van der Waals surface area contributed by atoms with Crippen LogP contribution < -0.4 is 27.2 Å². The van der Waals surface area contributed by atoms with Crippen molar-refractivity contribution in [3.63, 3.8) is 0 Å². The zero-order chi connectivity index (χ0) is 16.4. The Morgan fingerprint density at radius 1 is 1.33 bits per heavy atom. The first-order valence-electron chi connectivity index (χ1n) is 5.93. The van der Waals surface area contributed by atoms with Crippen molar-refractivity contribution in [1.29, 1.82) is 0 Å². The lowest BCUT2D eigenvalue weighted by atomic mass is 10.1. The van der Waals surface area contributed by atoms with Gasteiger partial charge in [-0.05, 0) is 0 Å². The summed E-state index contributed by atoms with van der Waals surface area (Å²) < 4.78 is 0. The van der Waals surface area contributed by atoms with E-state index in [9.17, 15) is 24.3 Å². The Bertz CT molecular complexity index is 407. The fourth-order valence-electron chi connectivity index (χ4n) is 1.24. The van der Waals surface area contributed by atoms with Crippen molar-refractivity contribution in [3.8, 4) is 0 Å². The van der Waals surface area contributed by atoms with Crippen LogP contribution in [0.25, 0.3) is 0 Å². The summed E-state index contributed by atoms with van der Waals surface area (Å²) in [7, 11) is 1.03. The van der Waals surface area contributed by atoms with Gasteiger partial charge in [0.2, 0.25) is 17.7 Å². The third-order valence-electron chi connectivity index (χ3n) is 2.38. The van der Waals surface area contributed by atoms with Gasteiger partial charge < -0.3 is 32.0 Å². The van der Waals surface area contributed by atoms with E-state index in [4.69, 9.17) is 5.73 Å². The molecule has 0 aliphatic rings. The highest BCUT2D eigenvalue weighted by Crippen LogP contribution is 2.07. The molecule has 3 amide bonds. The van der Waals surface area contributed by atoms with Gasteiger partial charge in [0.15, 0.2) is 0 Å². The summed E-state index contributed by atoms with van der Waals surface area (Å²) in [6.45, 7) is -0.339. The smallest absolute Gasteiger partial charge is 0.243 e. The third-order valence-corrected chi connectivity index (χ3v) is 3.31. The molecule has 0 aliphatic heterocycles. The standard InChI is InChI=1S/C10H18N4O5S2/c11-5(10(18)19)1-2-8(16)14-6(4-21-20)9(17)13-3-7(12)15/h5-6,20H,1-4,11H2,(H2,12,15)(H,13,17)(H,14,16)(H,18,19)/t5-,6-/m0/s1. The number of rotatable bonds is 10. The van der Waals surface area contributed by atoms with E-state index in [1.165, 1.54) is 0 Å². The average molecular weight is 338 g/mol. The Labute approximate surface area is 130 Å². The Balaban J connectivity index is 4.35. The van der Waals surface area contributed by atoms with Gasteiger partial charge >= 0.3 is 0 Å². The van der Waals surface area contributed by atoms with E-state index in [1.807, 2.05) is 0 Å². The van der Waals surface area contributed by atoms with E-state index < -0.39 is 35.8 Å². The van der Waals surface area contributed by atoms with Crippen LogP contribution in [0, 0.1) is 0 Å². The number of primary amides is 1. The van der Waals surface area contributed by atoms with Crippen LogP contribution in [0.2, 0.25) is 0 Å². The number of nitrogens with two attached hydrogens (primary N) is 1. The first-order valence-corrected chi connectivity index (χ1v) is 7.97. The van der Waals surface area contributed by atoms with Crippen molar-refractivity contribution in [1.82, 2.24) is 10.6 Å². The average Bonchev–Trinajstić information content (AvgIpc) is 2.41. The normalized spacial score (nSPS) is 13.0. The first-order chi connectivity index (χ1) is 9.77. The molecular formula is C10H18N4O5S2. The Kier molecular flexibility index (Phi) is 9.58. The molecular weight excluding hydrogens is 320 g/mol. The van der Waals surface area contributed by atoms with Gasteiger partial charge in [0.25, 0.3) is 0 Å². The summed E-state index contributed by atoms with van der Waals surface area (Å²) in [6.07, 6.45) is -0.114. The molecule has 7 N–H and O–H groups in total. The van der Waals surface area contributed by atoms with Gasteiger partial charge in [-0.3, -0.25) is 14.4 Å². The molecule has 0 unspecified atom stereocenters. The maximum Gasteiger partial charge on any atom is 0.243 e. The van der Waals surface area contributed by atoms with Crippen LogP contribution in [0.1, 0.15) is 12.8 Å². The van der Waals surface area contributed by atoms with E-state index in [1.54, 1.807) is 0 Å². The number of hydrogen-bond donors (Lipinski definition) is 5. The van der Waals surface area contributed by atoms with Crippen molar-refractivity contribution in [3.05, 3.63) is 0 Å². The number of aliphatic carboxylic acids is 1. The number of nitrogens with one attached hydrogen (secondary N) is 2. The molecule has 0 aromatic carbocycles. The van der Waals surface area contributed by atoms with Crippen LogP contribution in [-0.2, 0) is 19.2 Å². The molecule has 0 rings (SSSR count). The molecule has 11 heteroatoms. The van der Waals surface area contributed by atoms with Crippen LogP contribution >= 0.6 is 22.5 Å². The molecule has 21 heavy (non-hydrogen) atoms. The zero-order valence-electron chi connectivity index (χ0n) is 11.2. The summed E-state index contributed by atoms with van der Waals surface area (Å²) in [5, 5.41) is 15.2. The van der Waals surface area contributed by atoms with Gasteiger partial charge in [-0.2, -0.15) is 0 Å². The molecule has 0 spiro atoms. The van der Waals surface area contributed by atoms with Gasteiger partial charge in [-0.1, -0.05) is 10.8 Å². The second-order valence-electron chi connectivity index (χ2n) is 4.15. The van der Waals surface area contributed by atoms with Gasteiger partial charge in [0.05, 0.1) is 12.5 Å². The van der Waals surface area contributed by atoms with Crippen molar-refractivity contribution in [2.75, 3.05) is 12.3 Å². The maximum atomic E-state index is 11.7. The summed E-state index contributed by atoms with van der Waals surface area (Å²) in [5.41, 5.74) is 8.22. The largest absolute Gasteiger partial charge is 0.544 e. The second-order valence-corrected chi connectivity index (χ2v) is 5.52. The topological polar surface area (TPSA) is 169 Å². The lowest BCUT2D eigenvalue weighted by Gasteiger charge is -2.17. The monoisotopic (exact) mass is 338 g/mol. The molecule has 0 aliphatic carbocycles. The van der Waals surface area contributed by atoms with E-state index in [2.05, 4.69) is 28.0 Å². The zero-order valence-corrected chi connectivity index (χ0v) is 12.9. The summed E-state index contributed by atoms with van der Waals surface area (Å²) >= 11 is 3.90. The van der Waals surface area contributed by atoms with E-state index >= 15 is 0 Å². The van der Waals surface area contributed by atoms with Crippen LogP contribution in [0.4, 0.5) is 0 Å². The van der Waals surface area contributed by atoms with E-state index in [-0.39, 0.29) is 25.1 Å². The molecule has 0 saturated carbocycles. The van der Waals surface area contributed by atoms with Crippen molar-refractivity contribution in [2.24, 2.45) is 5.73 Å². The van der Waals surface area contributed by atoms with Crippen molar-refractivity contribution < 1.29 is 30.0 Å². The lowest BCUT2D eigenvalue weighted by Crippen LogP contribution is -2.68. The maximum absolute atomic E-state index is 11.7. The predicted octanol–water partition coefficient (Wildman–Crippen LogP) is -4.21. The molecule has 9 nitrogen and oxygen atoms in total. The number of quaternary nitrogens is 1. The minimum atomic E-state index is -1.34. The minimum Gasteiger partial charge on any atom is -0.544 e. The fraction of sp³-hybridized carbons (Fsp3) is 0.600. The lowest BCUT2D eigenvalue weighted by molar-refractivity contribution is -0.438. The quantitative estimate of drug-likeness (QED) is 0.200. The van der Waals surface area contributed by atoms with Crippen molar-refractivity contribution in [2.45, 2.75) is 24.9 Å². The van der Waals surface area contributed by atoms with E-state index in [0.717, 1.165) is 10.8 Å². The first kappa shape index (κ1) is 19.5. The van der Waals surface area contributed by atoms with Gasteiger partial charge in [-0.25, -0.2) is 0 Å². The van der Waals surface area contributed by atoms with E-state index in [0.29, 0.717) is 0 Å². The third kappa shape index (κ3) is 9.15.